The third-order valence-corrected chi connectivity index (χ3v) is 4.03. The van der Waals surface area contributed by atoms with Crippen molar-refractivity contribution in [3.05, 3.63) is 35.4 Å². The number of ether oxygens (including phenoxy) is 1. The van der Waals surface area contributed by atoms with E-state index in [1.165, 1.54) is 11.1 Å². The molecule has 0 radical (unpaired) electrons. The summed E-state index contributed by atoms with van der Waals surface area (Å²) >= 11 is 0. The fraction of sp³-hybridized carbons (Fsp3) is 0.562. The van der Waals surface area contributed by atoms with Crippen molar-refractivity contribution in [2.75, 3.05) is 33.2 Å². The lowest BCUT2D eigenvalue weighted by molar-refractivity contribution is 0.00213. The molecule has 4 heteroatoms. The highest BCUT2D eigenvalue weighted by Gasteiger charge is 2.17. The first kappa shape index (κ1) is 13.6. The van der Waals surface area contributed by atoms with Gasteiger partial charge in [0.05, 0.1) is 19.3 Å². The number of piperidine rings is 1. The Hall–Kier alpha value is -1.39. The van der Waals surface area contributed by atoms with E-state index >= 15 is 0 Å². The number of hydrogen-bond donors (Lipinski definition) is 1. The number of benzene rings is 1. The SMILES string of the molecule is CN1CCC(OCc2cccc(C3=NCCN3)c2)CC1. The van der Waals surface area contributed by atoms with Crippen LogP contribution in [0.25, 0.3) is 0 Å². The second kappa shape index (κ2) is 6.37. The van der Waals surface area contributed by atoms with Gasteiger partial charge in [0.1, 0.15) is 5.84 Å². The van der Waals surface area contributed by atoms with Crippen molar-refractivity contribution >= 4 is 5.84 Å². The first-order valence-electron chi connectivity index (χ1n) is 7.49. The smallest absolute Gasteiger partial charge is 0.128 e. The second-order valence-electron chi connectivity index (χ2n) is 5.67. The van der Waals surface area contributed by atoms with Gasteiger partial charge in [-0.2, -0.15) is 0 Å². The van der Waals surface area contributed by atoms with E-state index in [-0.39, 0.29) is 0 Å². The molecular weight excluding hydrogens is 250 g/mol. The molecular formula is C16H23N3O. The van der Waals surface area contributed by atoms with Gasteiger partial charge in [0.25, 0.3) is 0 Å². The number of nitrogens with one attached hydrogen (secondary N) is 1. The zero-order chi connectivity index (χ0) is 13.8. The monoisotopic (exact) mass is 273 g/mol. The maximum absolute atomic E-state index is 6.05. The third kappa shape index (κ3) is 3.38. The standard InChI is InChI=1S/C16H23N3O/c1-19-9-5-15(6-10-19)20-12-13-3-2-4-14(11-13)16-17-7-8-18-16/h2-4,11,15H,5-10,12H2,1H3,(H,17,18). The van der Waals surface area contributed by atoms with E-state index in [1.807, 2.05) is 0 Å². The number of hydrogen-bond acceptors (Lipinski definition) is 4. The molecule has 0 unspecified atom stereocenters. The Kier molecular flexibility index (Phi) is 4.33. The first-order chi connectivity index (χ1) is 9.81. The van der Waals surface area contributed by atoms with Gasteiger partial charge in [0.2, 0.25) is 0 Å². The first-order valence-corrected chi connectivity index (χ1v) is 7.49. The van der Waals surface area contributed by atoms with Crippen LogP contribution in [0.15, 0.2) is 29.3 Å². The highest BCUT2D eigenvalue weighted by Crippen LogP contribution is 2.15. The summed E-state index contributed by atoms with van der Waals surface area (Å²) in [6, 6.07) is 8.52. The highest BCUT2D eigenvalue weighted by atomic mass is 16.5. The van der Waals surface area contributed by atoms with Gasteiger partial charge in [-0.25, -0.2) is 0 Å². The second-order valence-corrected chi connectivity index (χ2v) is 5.67. The van der Waals surface area contributed by atoms with Crippen LogP contribution in [0.3, 0.4) is 0 Å². The molecule has 0 saturated carbocycles. The van der Waals surface area contributed by atoms with Crippen LogP contribution < -0.4 is 5.32 Å². The van der Waals surface area contributed by atoms with Crippen LogP contribution in [0.5, 0.6) is 0 Å². The van der Waals surface area contributed by atoms with Crippen LogP contribution in [0.4, 0.5) is 0 Å². The van der Waals surface area contributed by atoms with Crippen LogP contribution in [0, 0.1) is 0 Å². The van der Waals surface area contributed by atoms with Gasteiger partial charge in [0.15, 0.2) is 0 Å². The summed E-state index contributed by atoms with van der Waals surface area (Å²) in [5, 5.41) is 3.31. The normalized spacial score (nSPS) is 20.8. The molecule has 0 aromatic heterocycles. The highest BCUT2D eigenvalue weighted by molar-refractivity contribution is 5.99. The maximum Gasteiger partial charge on any atom is 0.128 e. The van der Waals surface area contributed by atoms with Crippen molar-refractivity contribution in [2.24, 2.45) is 4.99 Å². The molecule has 1 N–H and O–H groups in total. The minimum atomic E-state index is 0.414. The van der Waals surface area contributed by atoms with E-state index in [4.69, 9.17) is 4.74 Å². The Labute approximate surface area is 120 Å². The molecule has 1 fully saturated rings. The maximum atomic E-state index is 6.05. The van der Waals surface area contributed by atoms with Crippen molar-refractivity contribution in [1.82, 2.24) is 10.2 Å². The molecule has 4 nitrogen and oxygen atoms in total. The van der Waals surface area contributed by atoms with Crippen molar-refractivity contribution in [3.63, 3.8) is 0 Å². The third-order valence-electron chi connectivity index (χ3n) is 4.03. The summed E-state index contributed by atoms with van der Waals surface area (Å²) in [7, 11) is 2.18. The van der Waals surface area contributed by atoms with Crippen LogP contribution in [0.1, 0.15) is 24.0 Å². The fourth-order valence-electron chi connectivity index (χ4n) is 2.77. The molecule has 0 aliphatic carbocycles. The van der Waals surface area contributed by atoms with Crippen molar-refractivity contribution in [2.45, 2.75) is 25.6 Å². The summed E-state index contributed by atoms with van der Waals surface area (Å²) in [6.07, 6.45) is 2.70. The molecule has 1 aromatic rings. The van der Waals surface area contributed by atoms with Gasteiger partial charge in [-0.05, 0) is 31.5 Å². The molecule has 0 atom stereocenters. The lowest BCUT2D eigenvalue weighted by atomic mass is 10.1. The van der Waals surface area contributed by atoms with Crippen LogP contribution in [-0.2, 0) is 11.3 Å². The lowest BCUT2D eigenvalue weighted by Crippen LogP contribution is -2.34. The van der Waals surface area contributed by atoms with E-state index in [0.717, 1.165) is 44.9 Å². The summed E-state index contributed by atoms with van der Waals surface area (Å²) in [5.41, 5.74) is 2.41. The molecule has 108 valence electrons. The largest absolute Gasteiger partial charge is 0.373 e. The Morgan fingerprint density at radius 2 is 2.20 bits per heavy atom. The van der Waals surface area contributed by atoms with E-state index < -0.39 is 0 Å². The summed E-state index contributed by atoms with van der Waals surface area (Å²) in [5.74, 6) is 1.02. The Morgan fingerprint density at radius 3 is 2.95 bits per heavy atom. The Morgan fingerprint density at radius 1 is 1.35 bits per heavy atom. The predicted molar refractivity (Wildman–Crippen MR) is 81.2 cm³/mol. The van der Waals surface area contributed by atoms with Crippen LogP contribution in [-0.4, -0.2) is 50.1 Å². The van der Waals surface area contributed by atoms with Crippen LogP contribution in [0.2, 0.25) is 0 Å². The van der Waals surface area contributed by atoms with Gasteiger partial charge < -0.3 is 15.0 Å². The van der Waals surface area contributed by atoms with E-state index in [0.29, 0.717) is 12.7 Å². The number of amidine groups is 1. The lowest BCUT2D eigenvalue weighted by Gasteiger charge is -2.28. The van der Waals surface area contributed by atoms with Crippen molar-refractivity contribution < 1.29 is 4.74 Å². The molecule has 2 aliphatic rings. The summed E-state index contributed by atoms with van der Waals surface area (Å²) < 4.78 is 6.05. The molecule has 20 heavy (non-hydrogen) atoms. The number of likely N-dealkylation sites (tertiary alicyclic amines) is 1. The number of rotatable bonds is 4. The van der Waals surface area contributed by atoms with Gasteiger partial charge >= 0.3 is 0 Å². The molecule has 3 rings (SSSR count). The summed E-state index contributed by atoms with van der Waals surface area (Å²) in [4.78, 5) is 6.83. The molecule has 2 heterocycles. The molecule has 0 spiro atoms. The minimum Gasteiger partial charge on any atom is -0.373 e. The average Bonchev–Trinajstić information content (AvgIpc) is 3.01. The van der Waals surface area contributed by atoms with Gasteiger partial charge in [-0.3, -0.25) is 4.99 Å². The summed E-state index contributed by atoms with van der Waals surface area (Å²) in [6.45, 7) is 4.82. The minimum absolute atomic E-state index is 0.414. The molecule has 1 saturated heterocycles. The molecule has 0 amide bonds. The Bertz CT molecular complexity index is 478. The average molecular weight is 273 g/mol. The van der Waals surface area contributed by atoms with Crippen LogP contribution >= 0.6 is 0 Å². The molecule has 1 aromatic carbocycles. The number of nitrogens with zero attached hydrogens (tertiary/aromatic N) is 2. The Balaban J connectivity index is 1.56. The predicted octanol–water partition coefficient (Wildman–Crippen LogP) is 1.65. The zero-order valence-corrected chi connectivity index (χ0v) is 12.1. The number of aliphatic imine (C=N–C) groups is 1. The van der Waals surface area contributed by atoms with Gasteiger partial charge in [-0.1, -0.05) is 18.2 Å². The van der Waals surface area contributed by atoms with Crippen molar-refractivity contribution in [1.29, 1.82) is 0 Å². The van der Waals surface area contributed by atoms with Gasteiger partial charge in [-0.15, -0.1) is 0 Å². The van der Waals surface area contributed by atoms with E-state index in [1.54, 1.807) is 0 Å². The van der Waals surface area contributed by atoms with Gasteiger partial charge in [0, 0.05) is 25.2 Å². The van der Waals surface area contributed by atoms with E-state index in [2.05, 4.69) is 46.5 Å². The fourth-order valence-corrected chi connectivity index (χ4v) is 2.77. The molecule has 0 bridgehead atoms. The topological polar surface area (TPSA) is 36.9 Å². The van der Waals surface area contributed by atoms with Crippen molar-refractivity contribution in [3.8, 4) is 0 Å². The molecule has 2 aliphatic heterocycles. The zero-order valence-electron chi connectivity index (χ0n) is 12.1. The van der Waals surface area contributed by atoms with E-state index in [9.17, 15) is 0 Å². The quantitative estimate of drug-likeness (QED) is 0.906.